The van der Waals surface area contributed by atoms with E-state index >= 15 is 0 Å². The Kier molecular flexibility index (Phi) is 3.78. The van der Waals surface area contributed by atoms with E-state index in [0.717, 1.165) is 0 Å². The monoisotopic (exact) mass is 270 g/mol. The van der Waals surface area contributed by atoms with E-state index in [1.165, 1.54) is 12.1 Å². The summed E-state index contributed by atoms with van der Waals surface area (Å²) in [5, 5.41) is 9.04. The summed E-state index contributed by atoms with van der Waals surface area (Å²) in [6.07, 6.45) is 0. The number of pyridine rings is 1. The van der Waals surface area contributed by atoms with Crippen LogP contribution in [0.5, 0.6) is 0 Å². The fraction of sp³-hybridized carbons (Fsp3) is 0.364. The number of carbonyl (C=O) groups excluding carboxylic acids is 1. The Morgan fingerprint density at radius 2 is 1.89 bits per heavy atom. The molecule has 1 saturated heterocycles. The number of aromatic carboxylic acids is 1. The van der Waals surface area contributed by atoms with Crippen LogP contribution in [0.2, 0.25) is 5.02 Å². The molecule has 0 unspecified atom stereocenters. The fourth-order valence-corrected chi connectivity index (χ4v) is 1.85. The van der Waals surface area contributed by atoms with Crippen molar-refractivity contribution in [3.63, 3.8) is 0 Å². The van der Waals surface area contributed by atoms with Crippen LogP contribution in [-0.2, 0) is 4.74 Å². The van der Waals surface area contributed by atoms with Crippen molar-refractivity contribution in [3.8, 4) is 0 Å². The van der Waals surface area contributed by atoms with Gasteiger partial charge >= 0.3 is 5.97 Å². The molecule has 1 fully saturated rings. The van der Waals surface area contributed by atoms with Crippen LogP contribution in [0.3, 0.4) is 0 Å². The van der Waals surface area contributed by atoms with Crippen molar-refractivity contribution in [2.24, 2.45) is 0 Å². The van der Waals surface area contributed by atoms with Gasteiger partial charge in [0.25, 0.3) is 5.91 Å². The normalized spacial score (nSPS) is 15.5. The van der Waals surface area contributed by atoms with Crippen molar-refractivity contribution >= 4 is 23.5 Å². The second kappa shape index (κ2) is 5.32. The van der Waals surface area contributed by atoms with Gasteiger partial charge in [0, 0.05) is 18.1 Å². The van der Waals surface area contributed by atoms with Gasteiger partial charge in [-0.2, -0.15) is 0 Å². The third-order valence-corrected chi connectivity index (χ3v) is 2.74. The molecule has 1 amide bonds. The summed E-state index contributed by atoms with van der Waals surface area (Å²) in [6.45, 7) is 1.88. The zero-order valence-corrected chi connectivity index (χ0v) is 10.2. The number of carboxylic acid groups (broad SMARTS) is 1. The van der Waals surface area contributed by atoms with Gasteiger partial charge in [0.1, 0.15) is 5.69 Å². The second-order valence-electron chi connectivity index (χ2n) is 3.77. The minimum Gasteiger partial charge on any atom is -0.477 e. The van der Waals surface area contributed by atoms with Crippen LogP contribution in [0.25, 0.3) is 0 Å². The smallest absolute Gasteiger partial charge is 0.354 e. The number of aromatic nitrogens is 1. The van der Waals surface area contributed by atoms with E-state index < -0.39 is 5.97 Å². The van der Waals surface area contributed by atoms with Crippen molar-refractivity contribution in [2.75, 3.05) is 26.3 Å². The topological polar surface area (TPSA) is 79.7 Å². The molecule has 18 heavy (non-hydrogen) atoms. The Labute approximate surface area is 108 Å². The molecule has 1 aromatic heterocycles. The van der Waals surface area contributed by atoms with E-state index in [4.69, 9.17) is 21.4 Å². The van der Waals surface area contributed by atoms with E-state index in [9.17, 15) is 9.59 Å². The molecule has 0 aromatic carbocycles. The largest absolute Gasteiger partial charge is 0.477 e. The zero-order chi connectivity index (χ0) is 13.1. The lowest BCUT2D eigenvalue weighted by Crippen LogP contribution is -2.41. The van der Waals surface area contributed by atoms with Gasteiger partial charge in [-0.3, -0.25) is 4.79 Å². The molecule has 7 heteroatoms. The van der Waals surface area contributed by atoms with Crippen LogP contribution in [-0.4, -0.2) is 53.2 Å². The molecule has 0 atom stereocenters. The molecule has 1 aliphatic rings. The molecule has 0 radical (unpaired) electrons. The fourth-order valence-electron chi connectivity index (χ4n) is 1.64. The number of halogens is 1. The predicted molar refractivity (Wildman–Crippen MR) is 62.9 cm³/mol. The van der Waals surface area contributed by atoms with Crippen LogP contribution in [0, 0.1) is 0 Å². The summed E-state index contributed by atoms with van der Waals surface area (Å²) < 4.78 is 5.14. The number of carboxylic acids is 1. The molecule has 0 saturated carbocycles. The van der Waals surface area contributed by atoms with Crippen molar-refractivity contribution in [3.05, 3.63) is 28.5 Å². The van der Waals surface area contributed by atoms with E-state index in [1.807, 2.05) is 0 Å². The van der Waals surface area contributed by atoms with Gasteiger partial charge < -0.3 is 14.7 Å². The third-order valence-electron chi connectivity index (χ3n) is 2.53. The lowest BCUT2D eigenvalue weighted by molar-refractivity contribution is 0.0299. The Hall–Kier alpha value is -1.66. The molecule has 0 bridgehead atoms. The molecule has 6 nitrogen and oxygen atoms in total. The van der Waals surface area contributed by atoms with Crippen LogP contribution in [0.15, 0.2) is 12.1 Å². The average Bonchev–Trinajstić information content (AvgIpc) is 2.38. The zero-order valence-electron chi connectivity index (χ0n) is 9.43. The highest BCUT2D eigenvalue weighted by Gasteiger charge is 2.21. The van der Waals surface area contributed by atoms with Crippen LogP contribution < -0.4 is 0 Å². The number of rotatable bonds is 2. The Morgan fingerprint density at radius 3 is 2.50 bits per heavy atom. The molecule has 0 aliphatic carbocycles. The van der Waals surface area contributed by atoms with Gasteiger partial charge in [-0.05, 0) is 12.1 Å². The van der Waals surface area contributed by atoms with E-state index in [-0.39, 0.29) is 22.3 Å². The summed E-state index contributed by atoms with van der Waals surface area (Å²) in [4.78, 5) is 28.3. The highest BCUT2D eigenvalue weighted by molar-refractivity contribution is 6.31. The van der Waals surface area contributed by atoms with Crippen LogP contribution >= 0.6 is 11.6 Å². The molecule has 1 aliphatic heterocycles. The van der Waals surface area contributed by atoms with Gasteiger partial charge in [0.15, 0.2) is 5.69 Å². The molecular weight excluding hydrogens is 260 g/mol. The number of hydrogen-bond donors (Lipinski definition) is 1. The SMILES string of the molecule is O=C(O)c1cc(Cl)cc(C(=O)N2CCOCC2)n1. The molecular formula is C11H11ClN2O4. The summed E-state index contributed by atoms with van der Waals surface area (Å²) in [7, 11) is 0. The number of ether oxygens (including phenoxy) is 1. The Bertz CT molecular complexity index is 486. The van der Waals surface area contributed by atoms with Gasteiger partial charge in [-0.1, -0.05) is 11.6 Å². The maximum atomic E-state index is 12.1. The summed E-state index contributed by atoms with van der Waals surface area (Å²) in [5.74, 6) is -1.54. The van der Waals surface area contributed by atoms with Gasteiger partial charge in [-0.15, -0.1) is 0 Å². The first-order valence-corrected chi connectivity index (χ1v) is 5.73. The number of carbonyl (C=O) groups is 2. The van der Waals surface area contributed by atoms with Crippen LogP contribution in [0.4, 0.5) is 0 Å². The molecule has 2 heterocycles. The maximum Gasteiger partial charge on any atom is 0.354 e. The quantitative estimate of drug-likeness (QED) is 0.864. The minimum atomic E-state index is -1.21. The minimum absolute atomic E-state index is 0.0433. The standard InChI is InChI=1S/C11H11ClN2O4/c12-7-5-8(13-9(6-7)11(16)17)10(15)14-1-3-18-4-2-14/h5-6H,1-4H2,(H,16,17). The summed E-state index contributed by atoms with van der Waals surface area (Å²) in [5.41, 5.74) is -0.194. The predicted octanol–water partition coefficient (Wildman–Crippen LogP) is 0.906. The van der Waals surface area contributed by atoms with Crippen molar-refractivity contribution < 1.29 is 19.4 Å². The number of morpholine rings is 1. The van der Waals surface area contributed by atoms with Crippen LogP contribution in [0.1, 0.15) is 21.0 Å². The molecule has 1 aromatic rings. The average molecular weight is 271 g/mol. The first-order valence-electron chi connectivity index (χ1n) is 5.36. The summed E-state index contributed by atoms with van der Waals surface area (Å²) >= 11 is 5.78. The van der Waals surface area contributed by atoms with Gasteiger partial charge in [-0.25, -0.2) is 9.78 Å². The van der Waals surface area contributed by atoms with Gasteiger partial charge in [0.2, 0.25) is 0 Å². The second-order valence-corrected chi connectivity index (χ2v) is 4.20. The molecule has 1 N–H and O–H groups in total. The number of nitrogens with zero attached hydrogens (tertiary/aromatic N) is 2. The number of hydrogen-bond acceptors (Lipinski definition) is 4. The molecule has 0 spiro atoms. The van der Waals surface area contributed by atoms with Gasteiger partial charge in [0.05, 0.1) is 13.2 Å². The first-order chi connectivity index (χ1) is 8.58. The first kappa shape index (κ1) is 12.8. The Morgan fingerprint density at radius 1 is 1.28 bits per heavy atom. The molecule has 2 rings (SSSR count). The maximum absolute atomic E-state index is 12.1. The third kappa shape index (κ3) is 2.77. The highest BCUT2D eigenvalue weighted by atomic mass is 35.5. The number of amides is 1. The van der Waals surface area contributed by atoms with Crippen molar-refractivity contribution in [1.82, 2.24) is 9.88 Å². The van der Waals surface area contributed by atoms with E-state index in [2.05, 4.69) is 4.98 Å². The van der Waals surface area contributed by atoms with E-state index in [1.54, 1.807) is 4.90 Å². The lowest BCUT2D eigenvalue weighted by atomic mass is 10.2. The van der Waals surface area contributed by atoms with E-state index in [0.29, 0.717) is 26.3 Å². The van der Waals surface area contributed by atoms with Crippen molar-refractivity contribution in [1.29, 1.82) is 0 Å². The van der Waals surface area contributed by atoms with Crippen molar-refractivity contribution in [2.45, 2.75) is 0 Å². The lowest BCUT2D eigenvalue weighted by Gasteiger charge is -2.26. The Balaban J connectivity index is 2.26. The molecule has 96 valence electrons. The summed E-state index contributed by atoms with van der Waals surface area (Å²) in [6, 6.07) is 2.58. The highest BCUT2D eigenvalue weighted by Crippen LogP contribution is 2.14.